The van der Waals surface area contributed by atoms with Crippen LogP contribution in [0.2, 0.25) is 0 Å². The minimum atomic E-state index is -0.0715. The zero-order valence-corrected chi connectivity index (χ0v) is 9.82. The number of rotatable bonds is 8. The number of ether oxygens (including phenoxy) is 1. The summed E-state index contributed by atoms with van der Waals surface area (Å²) in [6.45, 7) is 3.49. The Balaban J connectivity index is 1.93. The third-order valence-corrected chi connectivity index (χ3v) is 2.27. The number of esters is 1. The second-order valence-electron chi connectivity index (χ2n) is 3.77. The van der Waals surface area contributed by atoms with E-state index in [9.17, 15) is 4.79 Å². The van der Waals surface area contributed by atoms with Crippen LogP contribution >= 0.6 is 0 Å². The number of carbonyl (C=O) groups excluding carboxylic acids is 1. The van der Waals surface area contributed by atoms with Gasteiger partial charge >= 0.3 is 5.97 Å². The maximum Gasteiger partial charge on any atom is 0.305 e. The smallest absolute Gasteiger partial charge is 0.305 e. The Hall–Kier alpha value is -1.32. The second kappa shape index (κ2) is 7.91. The van der Waals surface area contributed by atoms with Gasteiger partial charge in [-0.2, -0.15) is 0 Å². The molecule has 1 radical (unpaired) electrons. The van der Waals surface area contributed by atoms with Gasteiger partial charge in [-0.05, 0) is 19.3 Å². The summed E-state index contributed by atoms with van der Waals surface area (Å²) in [5.41, 5.74) is 0. The molecule has 0 aliphatic rings. The van der Waals surface area contributed by atoms with Gasteiger partial charge in [0.25, 0.3) is 0 Å². The Morgan fingerprint density at radius 2 is 2.31 bits per heavy atom. The van der Waals surface area contributed by atoms with Crippen LogP contribution in [0.5, 0.6) is 0 Å². The first-order chi connectivity index (χ1) is 7.83. The monoisotopic (exact) mass is 223 g/mol. The zero-order chi connectivity index (χ0) is 11.6. The number of aryl methyl sites for hydroxylation is 1. The number of nitrogens with zero attached hydrogens (tertiary/aromatic N) is 2. The van der Waals surface area contributed by atoms with E-state index in [-0.39, 0.29) is 5.97 Å². The van der Waals surface area contributed by atoms with Crippen LogP contribution in [-0.4, -0.2) is 22.1 Å². The predicted octanol–water partition coefficient (Wildman–Crippen LogP) is 2.20. The van der Waals surface area contributed by atoms with E-state index in [1.165, 1.54) is 0 Å². The van der Waals surface area contributed by atoms with Gasteiger partial charge in [0.1, 0.15) is 6.20 Å². The number of imidazole rings is 1. The molecule has 0 saturated carbocycles. The predicted molar refractivity (Wildman–Crippen MR) is 60.8 cm³/mol. The lowest BCUT2D eigenvalue weighted by atomic mass is 10.2. The van der Waals surface area contributed by atoms with Gasteiger partial charge in [0.2, 0.25) is 0 Å². The van der Waals surface area contributed by atoms with E-state index in [2.05, 4.69) is 11.2 Å². The average molecular weight is 223 g/mol. The Morgan fingerprint density at radius 1 is 1.44 bits per heavy atom. The Kier molecular flexibility index (Phi) is 6.30. The number of hydrogen-bond acceptors (Lipinski definition) is 3. The van der Waals surface area contributed by atoms with Crippen molar-refractivity contribution in [3.63, 3.8) is 0 Å². The van der Waals surface area contributed by atoms with Crippen LogP contribution in [-0.2, 0) is 16.1 Å². The van der Waals surface area contributed by atoms with Crippen LogP contribution in [0, 0.1) is 6.20 Å². The van der Waals surface area contributed by atoms with Crippen molar-refractivity contribution in [1.82, 2.24) is 9.55 Å². The fraction of sp³-hybridized carbons (Fsp3) is 0.667. The van der Waals surface area contributed by atoms with Crippen LogP contribution in [0.3, 0.4) is 0 Å². The Labute approximate surface area is 96.6 Å². The highest BCUT2D eigenvalue weighted by Gasteiger charge is 2.01. The van der Waals surface area contributed by atoms with Crippen molar-refractivity contribution in [2.24, 2.45) is 0 Å². The summed E-state index contributed by atoms with van der Waals surface area (Å²) in [6.07, 6.45) is 10.8. The van der Waals surface area contributed by atoms with Crippen molar-refractivity contribution < 1.29 is 9.53 Å². The highest BCUT2D eigenvalue weighted by atomic mass is 16.5. The molecule has 1 aromatic rings. The fourth-order valence-corrected chi connectivity index (χ4v) is 1.40. The van der Waals surface area contributed by atoms with Gasteiger partial charge in [-0.1, -0.05) is 13.3 Å². The van der Waals surface area contributed by atoms with Crippen molar-refractivity contribution in [2.45, 2.75) is 45.6 Å². The molecule has 0 aliphatic heterocycles. The summed E-state index contributed by atoms with van der Waals surface area (Å²) in [4.78, 5) is 15.0. The lowest BCUT2D eigenvalue weighted by Crippen LogP contribution is -2.05. The lowest BCUT2D eigenvalue weighted by Gasteiger charge is -2.03. The van der Waals surface area contributed by atoms with Gasteiger partial charge in [-0.3, -0.25) is 4.79 Å². The number of aromatic nitrogens is 2. The van der Waals surface area contributed by atoms with E-state index < -0.39 is 0 Å². The highest BCUT2D eigenvalue weighted by molar-refractivity contribution is 5.69. The number of carbonyl (C=O) groups is 1. The molecule has 0 bridgehead atoms. The SMILES string of the molecule is CCCOC(=O)CCCCCn1c[c]nc1. The van der Waals surface area contributed by atoms with Crippen LogP contribution in [0.25, 0.3) is 0 Å². The van der Waals surface area contributed by atoms with Gasteiger partial charge in [0, 0.05) is 19.2 Å². The molecule has 1 heterocycles. The van der Waals surface area contributed by atoms with Gasteiger partial charge in [-0.15, -0.1) is 0 Å². The molecule has 89 valence electrons. The third-order valence-electron chi connectivity index (χ3n) is 2.27. The maximum atomic E-state index is 11.2. The van der Waals surface area contributed by atoms with Crippen LogP contribution in [0.1, 0.15) is 39.0 Å². The average Bonchev–Trinajstić information content (AvgIpc) is 2.79. The molecule has 0 fully saturated rings. The van der Waals surface area contributed by atoms with Crippen molar-refractivity contribution in [3.05, 3.63) is 18.7 Å². The van der Waals surface area contributed by atoms with Crippen LogP contribution < -0.4 is 0 Å². The summed E-state index contributed by atoms with van der Waals surface area (Å²) >= 11 is 0. The normalized spacial score (nSPS) is 10.3. The lowest BCUT2D eigenvalue weighted by molar-refractivity contribution is -0.143. The van der Waals surface area contributed by atoms with E-state index in [1.807, 2.05) is 17.7 Å². The first-order valence-electron chi connectivity index (χ1n) is 5.86. The van der Waals surface area contributed by atoms with Crippen molar-refractivity contribution in [2.75, 3.05) is 6.61 Å². The highest BCUT2D eigenvalue weighted by Crippen LogP contribution is 2.03. The number of unbranched alkanes of at least 4 members (excludes halogenated alkanes) is 2. The van der Waals surface area contributed by atoms with Gasteiger partial charge < -0.3 is 9.30 Å². The van der Waals surface area contributed by atoms with Gasteiger partial charge in [0.05, 0.1) is 12.9 Å². The molecule has 0 N–H and O–H groups in total. The van der Waals surface area contributed by atoms with Crippen LogP contribution in [0.4, 0.5) is 0 Å². The standard InChI is InChI=1S/C12H19N2O2/c1-2-10-16-12(15)6-4-3-5-8-14-9-7-13-11-14/h9,11H,2-6,8,10H2,1H3. The molecular weight excluding hydrogens is 204 g/mol. The molecule has 1 aromatic heterocycles. The summed E-state index contributed by atoms with van der Waals surface area (Å²) < 4.78 is 6.98. The molecule has 0 amide bonds. The van der Waals surface area contributed by atoms with Crippen molar-refractivity contribution >= 4 is 5.97 Å². The minimum absolute atomic E-state index is 0.0715. The summed E-state index contributed by atoms with van der Waals surface area (Å²) in [5.74, 6) is -0.0715. The van der Waals surface area contributed by atoms with Crippen molar-refractivity contribution in [3.8, 4) is 0 Å². The Bertz CT molecular complexity index is 283. The third kappa shape index (κ3) is 5.53. The summed E-state index contributed by atoms with van der Waals surface area (Å²) in [6, 6.07) is 0. The molecule has 16 heavy (non-hydrogen) atoms. The van der Waals surface area contributed by atoms with E-state index in [1.54, 1.807) is 6.33 Å². The van der Waals surface area contributed by atoms with Crippen LogP contribution in [0.15, 0.2) is 12.5 Å². The quantitative estimate of drug-likeness (QED) is 0.501. The molecular formula is C12H19N2O2. The largest absolute Gasteiger partial charge is 0.466 e. The maximum absolute atomic E-state index is 11.2. The van der Waals surface area contributed by atoms with E-state index in [4.69, 9.17) is 4.74 Å². The minimum Gasteiger partial charge on any atom is -0.466 e. The molecule has 1 rings (SSSR count). The molecule has 0 saturated heterocycles. The fourth-order valence-electron chi connectivity index (χ4n) is 1.40. The molecule has 4 heteroatoms. The first-order valence-corrected chi connectivity index (χ1v) is 5.86. The molecule has 4 nitrogen and oxygen atoms in total. The first kappa shape index (κ1) is 12.7. The molecule has 0 unspecified atom stereocenters. The zero-order valence-electron chi connectivity index (χ0n) is 9.82. The summed E-state index contributed by atoms with van der Waals surface area (Å²) in [5, 5.41) is 0. The van der Waals surface area contributed by atoms with E-state index in [0.29, 0.717) is 13.0 Å². The van der Waals surface area contributed by atoms with Gasteiger partial charge in [0.15, 0.2) is 0 Å². The van der Waals surface area contributed by atoms with Crippen molar-refractivity contribution in [1.29, 1.82) is 0 Å². The molecule has 0 aliphatic carbocycles. The summed E-state index contributed by atoms with van der Waals surface area (Å²) in [7, 11) is 0. The second-order valence-corrected chi connectivity index (χ2v) is 3.77. The topological polar surface area (TPSA) is 44.1 Å². The molecule has 0 spiro atoms. The van der Waals surface area contributed by atoms with E-state index in [0.717, 1.165) is 32.2 Å². The van der Waals surface area contributed by atoms with E-state index >= 15 is 0 Å². The molecule has 0 aromatic carbocycles. The Morgan fingerprint density at radius 3 is 3.00 bits per heavy atom. The number of hydrogen-bond donors (Lipinski definition) is 0. The van der Waals surface area contributed by atoms with Gasteiger partial charge in [-0.25, -0.2) is 4.98 Å². The molecule has 0 atom stereocenters.